The molecule has 134 valence electrons. The second-order valence-corrected chi connectivity index (χ2v) is 7.56. The number of ether oxygens (including phenoxy) is 1. The van der Waals surface area contributed by atoms with Crippen LogP contribution in [0.15, 0.2) is 44.6 Å². The molecule has 8 nitrogen and oxygen atoms in total. The zero-order valence-corrected chi connectivity index (χ0v) is 15.7. The molecule has 1 aromatic carbocycles. The number of thiophene rings is 1. The number of hydrogen-bond donors (Lipinski definition) is 2. The summed E-state index contributed by atoms with van der Waals surface area (Å²) in [5.74, 6) is 0.0660. The van der Waals surface area contributed by atoms with Gasteiger partial charge in [-0.3, -0.25) is 0 Å². The van der Waals surface area contributed by atoms with Gasteiger partial charge in [0.15, 0.2) is 6.61 Å². The Bertz CT molecular complexity index is 922. The number of nitrogens with zero attached hydrogens (tertiary/aromatic N) is 2. The predicted octanol–water partition coefficient (Wildman–Crippen LogP) is 3.09. The van der Waals surface area contributed by atoms with Crippen molar-refractivity contribution in [2.75, 3.05) is 0 Å². The molecule has 2 amide bonds. The first-order valence-corrected chi connectivity index (χ1v) is 8.99. The molecule has 0 fully saturated rings. The van der Waals surface area contributed by atoms with E-state index in [9.17, 15) is 9.59 Å². The largest absolute Gasteiger partial charge is 0.452 e. The van der Waals surface area contributed by atoms with E-state index in [0.717, 1.165) is 14.2 Å². The molecule has 3 N–H and O–H groups in total. The van der Waals surface area contributed by atoms with Crippen molar-refractivity contribution in [1.82, 2.24) is 15.5 Å². The van der Waals surface area contributed by atoms with Crippen molar-refractivity contribution in [3.05, 3.63) is 57.2 Å². The molecule has 0 atom stereocenters. The van der Waals surface area contributed by atoms with E-state index in [-0.39, 0.29) is 19.0 Å². The monoisotopic (exact) mass is 436 g/mol. The summed E-state index contributed by atoms with van der Waals surface area (Å²) in [6, 6.07) is 9.73. The first-order valence-electron chi connectivity index (χ1n) is 7.39. The van der Waals surface area contributed by atoms with Crippen LogP contribution in [0.3, 0.4) is 0 Å². The number of halogens is 1. The first-order chi connectivity index (χ1) is 12.5. The molecular formula is C16H13BrN4O4S. The molecular weight excluding hydrogens is 424 g/mol. The fraction of sp³-hybridized carbons (Fsp3) is 0.125. The topological polar surface area (TPSA) is 120 Å². The molecule has 2 aromatic heterocycles. The van der Waals surface area contributed by atoms with E-state index in [0.29, 0.717) is 11.5 Å². The smallest absolute Gasteiger partial charge is 0.338 e. The zero-order chi connectivity index (χ0) is 18.5. The van der Waals surface area contributed by atoms with Gasteiger partial charge in [-0.05, 0) is 45.8 Å². The molecule has 0 aliphatic rings. The molecule has 2 heterocycles. The minimum atomic E-state index is -0.609. The molecule has 0 unspecified atom stereocenters. The van der Waals surface area contributed by atoms with Gasteiger partial charge in [-0.15, -0.1) is 21.5 Å². The summed E-state index contributed by atoms with van der Waals surface area (Å²) in [4.78, 5) is 23.6. The highest BCUT2D eigenvalue weighted by Crippen LogP contribution is 2.30. The number of rotatable bonds is 6. The van der Waals surface area contributed by atoms with E-state index in [1.807, 2.05) is 12.1 Å². The third-order valence-electron chi connectivity index (χ3n) is 3.23. The van der Waals surface area contributed by atoms with Crippen molar-refractivity contribution < 1.29 is 18.7 Å². The van der Waals surface area contributed by atoms with E-state index in [4.69, 9.17) is 14.9 Å². The standard InChI is InChI=1S/C16H13BrN4O4S/c17-12-6-5-11(26-12)14-21-20-13(25-14)8-24-15(22)10-3-1-9(2-4-10)7-19-16(18)23/h1-6H,7-8H2,(H3,18,19,23). The Morgan fingerprint density at radius 1 is 1.19 bits per heavy atom. The highest BCUT2D eigenvalue weighted by Gasteiger charge is 2.13. The van der Waals surface area contributed by atoms with Crippen LogP contribution in [0, 0.1) is 0 Å². The zero-order valence-electron chi connectivity index (χ0n) is 13.3. The van der Waals surface area contributed by atoms with Crippen molar-refractivity contribution in [1.29, 1.82) is 0 Å². The van der Waals surface area contributed by atoms with Gasteiger partial charge in [0, 0.05) is 6.54 Å². The van der Waals surface area contributed by atoms with E-state index in [1.54, 1.807) is 24.3 Å². The third kappa shape index (κ3) is 4.67. The lowest BCUT2D eigenvalue weighted by molar-refractivity contribution is 0.0438. The van der Waals surface area contributed by atoms with Crippen molar-refractivity contribution >= 4 is 39.3 Å². The van der Waals surface area contributed by atoms with Gasteiger partial charge in [-0.2, -0.15) is 0 Å². The van der Waals surface area contributed by atoms with Crippen LogP contribution in [0.5, 0.6) is 0 Å². The number of carbonyl (C=O) groups excluding carboxylic acids is 2. The molecule has 0 bridgehead atoms. The minimum absolute atomic E-state index is 0.122. The Morgan fingerprint density at radius 2 is 1.96 bits per heavy atom. The molecule has 26 heavy (non-hydrogen) atoms. The van der Waals surface area contributed by atoms with Gasteiger partial charge in [0.2, 0.25) is 0 Å². The maximum absolute atomic E-state index is 12.1. The molecule has 10 heteroatoms. The normalized spacial score (nSPS) is 10.5. The number of nitrogens with two attached hydrogens (primary N) is 1. The van der Waals surface area contributed by atoms with Crippen molar-refractivity contribution in [3.8, 4) is 10.8 Å². The first kappa shape index (κ1) is 18.1. The molecule has 0 saturated carbocycles. The van der Waals surface area contributed by atoms with Crippen molar-refractivity contribution in [2.45, 2.75) is 13.2 Å². The quantitative estimate of drug-likeness (QED) is 0.572. The van der Waals surface area contributed by atoms with Gasteiger partial charge in [-0.1, -0.05) is 12.1 Å². The van der Waals surface area contributed by atoms with Gasteiger partial charge in [-0.25, -0.2) is 9.59 Å². The summed E-state index contributed by atoms with van der Waals surface area (Å²) >= 11 is 4.83. The second kappa shape index (κ2) is 8.11. The van der Waals surface area contributed by atoms with Crippen LogP contribution in [-0.4, -0.2) is 22.2 Å². The van der Waals surface area contributed by atoms with Crippen LogP contribution in [-0.2, 0) is 17.9 Å². The summed E-state index contributed by atoms with van der Waals surface area (Å²) in [7, 11) is 0. The summed E-state index contributed by atoms with van der Waals surface area (Å²) < 4.78 is 11.6. The number of primary amides is 1. The van der Waals surface area contributed by atoms with Crippen molar-refractivity contribution in [2.24, 2.45) is 5.73 Å². The summed E-state index contributed by atoms with van der Waals surface area (Å²) in [6.45, 7) is 0.164. The number of nitrogens with one attached hydrogen (secondary N) is 1. The average Bonchev–Trinajstić information content (AvgIpc) is 3.27. The summed E-state index contributed by atoms with van der Waals surface area (Å²) in [5, 5.41) is 10.3. The number of hydrogen-bond acceptors (Lipinski definition) is 7. The molecule has 3 aromatic rings. The third-order valence-corrected chi connectivity index (χ3v) is 4.85. The molecule has 0 aliphatic heterocycles. The highest BCUT2D eigenvalue weighted by molar-refractivity contribution is 9.11. The number of carbonyl (C=O) groups is 2. The van der Waals surface area contributed by atoms with Crippen LogP contribution in [0.4, 0.5) is 4.79 Å². The number of benzene rings is 1. The van der Waals surface area contributed by atoms with Crippen LogP contribution in [0.2, 0.25) is 0 Å². The van der Waals surface area contributed by atoms with Crippen molar-refractivity contribution in [3.63, 3.8) is 0 Å². The number of amides is 2. The lowest BCUT2D eigenvalue weighted by Gasteiger charge is -2.04. The van der Waals surface area contributed by atoms with Crippen LogP contribution >= 0.6 is 27.3 Å². The predicted molar refractivity (Wildman–Crippen MR) is 97.3 cm³/mol. The Morgan fingerprint density at radius 3 is 2.62 bits per heavy atom. The van der Waals surface area contributed by atoms with E-state index in [2.05, 4.69) is 31.4 Å². The minimum Gasteiger partial charge on any atom is -0.452 e. The van der Waals surface area contributed by atoms with Gasteiger partial charge < -0.3 is 20.2 Å². The Labute approximate surface area is 160 Å². The van der Waals surface area contributed by atoms with Crippen LogP contribution < -0.4 is 11.1 Å². The Kier molecular flexibility index (Phi) is 5.64. The fourth-order valence-corrected chi connectivity index (χ4v) is 3.31. The van der Waals surface area contributed by atoms with E-state index >= 15 is 0 Å². The fourth-order valence-electron chi connectivity index (χ4n) is 2.00. The number of esters is 1. The Hall–Kier alpha value is -2.72. The van der Waals surface area contributed by atoms with Gasteiger partial charge in [0.1, 0.15) is 0 Å². The Balaban J connectivity index is 1.55. The molecule has 0 saturated heterocycles. The maximum atomic E-state index is 12.1. The second-order valence-electron chi connectivity index (χ2n) is 5.10. The number of aromatic nitrogens is 2. The van der Waals surface area contributed by atoms with E-state index < -0.39 is 12.0 Å². The molecule has 3 rings (SSSR count). The number of urea groups is 1. The van der Waals surface area contributed by atoms with Crippen LogP contribution in [0.25, 0.3) is 10.8 Å². The molecule has 0 aliphatic carbocycles. The van der Waals surface area contributed by atoms with E-state index in [1.165, 1.54) is 11.3 Å². The maximum Gasteiger partial charge on any atom is 0.338 e. The van der Waals surface area contributed by atoms with Gasteiger partial charge in [0.05, 0.1) is 14.2 Å². The lowest BCUT2D eigenvalue weighted by atomic mass is 10.1. The summed E-state index contributed by atoms with van der Waals surface area (Å²) in [6.07, 6.45) is 0. The SMILES string of the molecule is NC(=O)NCc1ccc(C(=O)OCc2nnc(-c3ccc(Br)s3)o2)cc1. The van der Waals surface area contributed by atoms with Crippen LogP contribution in [0.1, 0.15) is 21.8 Å². The molecule has 0 radical (unpaired) electrons. The molecule has 0 spiro atoms. The van der Waals surface area contributed by atoms with Gasteiger partial charge >= 0.3 is 12.0 Å². The summed E-state index contributed by atoms with van der Waals surface area (Å²) in [5.41, 5.74) is 6.19. The van der Waals surface area contributed by atoms with Gasteiger partial charge in [0.25, 0.3) is 11.8 Å². The average molecular weight is 437 g/mol. The highest BCUT2D eigenvalue weighted by atomic mass is 79.9. The lowest BCUT2D eigenvalue weighted by Crippen LogP contribution is -2.28.